The number of ether oxygens (including phenoxy) is 2. The van der Waals surface area contributed by atoms with Gasteiger partial charge < -0.3 is 19.9 Å². The van der Waals surface area contributed by atoms with Crippen LogP contribution in [0.1, 0.15) is 15.9 Å². The van der Waals surface area contributed by atoms with E-state index in [-0.39, 0.29) is 12.4 Å². The summed E-state index contributed by atoms with van der Waals surface area (Å²) in [5, 5.41) is 12.1. The van der Waals surface area contributed by atoms with Gasteiger partial charge >= 0.3 is 5.97 Å². The van der Waals surface area contributed by atoms with E-state index in [0.29, 0.717) is 18.1 Å². The Morgan fingerprint density at radius 2 is 2.15 bits per heavy atom. The molecule has 1 aliphatic rings. The summed E-state index contributed by atoms with van der Waals surface area (Å²) < 4.78 is 10.5. The van der Waals surface area contributed by atoms with Gasteiger partial charge in [-0.2, -0.15) is 0 Å². The first-order valence-corrected chi connectivity index (χ1v) is 6.05. The normalized spacial score (nSPS) is 12.2. The van der Waals surface area contributed by atoms with Gasteiger partial charge in [0.1, 0.15) is 11.4 Å². The predicted octanol–water partition coefficient (Wildman–Crippen LogP) is 2.12. The fourth-order valence-corrected chi connectivity index (χ4v) is 1.96. The zero-order valence-electron chi connectivity index (χ0n) is 10.5. The quantitative estimate of drug-likeness (QED) is 0.887. The molecular weight excluding hydrogens is 260 g/mol. The van der Waals surface area contributed by atoms with Crippen LogP contribution in [0, 0.1) is 0 Å². The third kappa shape index (κ3) is 2.35. The topological polar surface area (TPSA) is 80.7 Å². The van der Waals surface area contributed by atoms with Crippen LogP contribution in [0.2, 0.25) is 0 Å². The molecule has 2 heterocycles. The van der Waals surface area contributed by atoms with Crippen LogP contribution in [-0.2, 0) is 6.54 Å². The Balaban J connectivity index is 1.75. The number of hydrogen-bond acceptors (Lipinski definition) is 5. The maximum atomic E-state index is 11.1. The van der Waals surface area contributed by atoms with Gasteiger partial charge in [0.2, 0.25) is 6.79 Å². The molecule has 6 heteroatoms. The highest BCUT2D eigenvalue weighted by atomic mass is 16.7. The lowest BCUT2D eigenvalue weighted by atomic mass is 10.2. The molecule has 2 aromatic rings. The monoisotopic (exact) mass is 272 g/mol. The Kier molecular flexibility index (Phi) is 3.12. The lowest BCUT2D eigenvalue weighted by molar-refractivity contribution is 0.0697. The molecule has 1 aromatic heterocycles. The Hall–Kier alpha value is -2.76. The number of carboxylic acid groups (broad SMARTS) is 1. The minimum Gasteiger partial charge on any atom is -0.478 e. The summed E-state index contributed by atoms with van der Waals surface area (Å²) >= 11 is 0. The molecule has 1 aromatic carbocycles. The van der Waals surface area contributed by atoms with E-state index in [4.69, 9.17) is 14.6 Å². The molecular formula is C14H12N2O4. The molecule has 20 heavy (non-hydrogen) atoms. The first kappa shape index (κ1) is 12.3. The van der Waals surface area contributed by atoms with Crippen molar-refractivity contribution < 1.29 is 19.4 Å². The smallest absolute Gasteiger partial charge is 0.339 e. The number of hydrogen-bond donors (Lipinski definition) is 2. The minimum atomic E-state index is -1.01. The fraction of sp³-hybridized carbons (Fsp3) is 0.143. The van der Waals surface area contributed by atoms with E-state index >= 15 is 0 Å². The number of anilines is 1. The summed E-state index contributed by atoms with van der Waals surface area (Å²) in [5.74, 6) is 0.755. The van der Waals surface area contributed by atoms with Crippen LogP contribution < -0.4 is 14.8 Å². The first-order chi connectivity index (χ1) is 9.74. The number of aromatic nitrogens is 1. The van der Waals surface area contributed by atoms with Gasteiger partial charge in [-0.25, -0.2) is 9.78 Å². The van der Waals surface area contributed by atoms with Crippen molar-refractivity contribution in [2.24, 2.45) is 0 Å². The second-order valence-corrected chi connectivity index (χ2v) is 4.25. The number of benzene rings is 1. The van der Waals surface area contributed by atoms with Gasteiger partial charge in [0.25, 0.3) is 0 Å². The molecule has 0 saturated carbocycles. The second-order valence-electron chi connectivity index (χ2n) is 4.25. The summed E-state index contributed by atoms with van der Waals surface area (Å²) in [7, 11) is 0. The van der Waals surface area contributed by atoms with Crippen molar-refractivity contribution in [3.05, 3.63) is 47.7 Å². The Labute approximate surface area is 115 Å². The fourth-order valence-electron chi connectivity index (χ4n) is 1.96. The highest BCUT2D eigenvalue weighted by molar-refractivity contribution is 5.92. The van der Waals surface area contributed by atoms with Crippen LogP contribution >= 0.6 is 0 Å². The van der Waals surface area contributed by atoms with E-state index < -0.39 is 5.97 Å². The van der Waals surface area contributed by atoms with Gasteiger partial charge in [-0.05, 0) is 29.8 Å². The maximum Gasteiger partial charge on any atom is 0.339 e. The number of aromatic carboxylic acids is 1. The molecule has 1 aliphatic heterocycles. The SMILES string of the molecule is O=C(O)c1cccnc1NCc1ccc2c(c1)OCO2. The van der Waals surface area contributed by atoms with Crippen LogP contribution in [-0.4, -0.2) is 22.9 Å². The van der Waals surface area contributed by atoms with Crippen molar-refractivity contribution in [2.45, 2.75) is 6.54 Å². The average molecular weight is 272 g/mol. The Morgan fingerprint density at radius 1 is 1.30 bits per heavy atom. The van der Waals surface area contributed by atoms with Crippen molar-refractivity contribution in [3.63, 3.8) is 0 Å². The number of carbonyl (C=O) groups is 1. The number of nitrogens with one attached hydrogen (secondary N) is 1. The zero-order chi connectivity index (χ0) is 13.9. The molecule has 0 bridgehead atoms. The van der Waals surface area contributed by atoms with Gasteiger partial charge in [-0.3, -0.25) is 0 Å². The van der Waals surface area contributed by atoms with E-state index in [1.54, 1.807) is 12.3 Å². The van der Waals surface area contributed by atoms with E-state index in [2.05, 4.69) is 10.3 Å². The molecule has 0 spiro atoms. The molecule has 0 unspecified atom stereocenters. The second kappa shape index (κ2) is 5.08. The molecule has 2 N–H and O–H groups in total. The van der Waals surface area contributed by atoms with E-state index in [1.807, 2.05) is 18.2 Å². The van der Waals surface area contributed by atoms with E-state index in [0.717, 1.165) is 11.3 Å². The number of rotatable bonds is 4. The molecule has 0 amide bonds. The van der Waals surface area contributed by atoms with Crippen LogP contribution in [0.25, 0.3) is 0 Å². The molecule has 0 saturated heterocycles. The summed E-state index contributed by atoms with van der Waals surface area (Å²) in [4.78, 5) is 15.1. The number of fused-ring (bicyclic) bond motifs is 1. The zero-order valence-corrected chi connectivity index (χ0v) is 10.5. The van der Waals surface area contributed by atoms with Crippen molar-refractivity contribution in [3.8, 4) is 11.5 Å². The number of pyridine rings is 1. The van der Waals surface area contributed by atoms with Crippen LogP contribution in [0.15, 0.2) is 36.5 Å². The molecule has 0 fully saturated rings. The lowest BCUT2D eigenvalue weighted by Crippen LogP contribution is -2.08. The van der Waals surface area contributed by atoms with Crippen molar-refractivity contribution in [1.82, 2.24) is 4.98 Å². The van der Waals surface area contributed by atoms with Gasteiger partial charge in [-0.15, -0.1) is 0 Å². The lowest BCUT2D eigenvalue weighted by Gasteiger charge is -2.08. The molecule has 102 valence electrons. The summed E-state index contributed by atoms with van der Waals surface area (Å²) in [6.45, 7) is 0.684. The van der Waals surface area contributed by atoms with Gasteiger partial charge in [-0.1, -0.05) is 6.07 Å². The molecule has 0 radical (unpaired) electrons. The first-order valence-electron chi connectivity index (χ1n) is 6.05. The largest absolute Gasteiger partial charge is 0.478 e. The van der Waals surface area contributed by atoms with Crippen LogP contribution in [0.3, 0.4) is 0 Å². The molecule has 6 nitrogen and oxygen atoms in total. The van der Waals surface area contributed by atoms with Crippen molar-refractivity contribution >= 4 is 11.8 Å². The van der Waals surface area contributed by atoms with Crippen molar-refractivity contribution in [2.75, 3.05) is 12.1 Å². The third-order valence-corrected chi connectivity index (χ3v) is 2.94. The van der Waals surface area contributed by atoms with E-state index in [1.165, 1.54) is 6.07 Å². The number of carboxylic acids is 1. The highest BCUT2D eigenvalue weighted by Crippen LogP contribution is 2.32. The summed E-state index contributed by atoms with van der Waals surface area (Å²) in [5.41, 5.74) is 1.10. The summed E-state index contributed by atoms with van der Waals surface area (Å²) in [6.07, 6.45) is 1.55. The Bertz CT molecular complexity index is 657. The van der Waals surface area contributed by atoms with Crippen molar-refractivity contribution in [1.29, 1.82) is 0 Å². The Morgan fingerprint density at radius 3 is 3.00 bits per heavy atom. The van der Waals surface area contributed by atoms with Gasteiger partial charge in [0, 0.05) is 12.7 Å². The third-order valence-electron chi connectivity index (χ3n) is 2.94. The van der Waals surface area contributed by atoms with Gasteiger partial charge in [0.05, 0.1) is 0 Å². The van der Waals surface area contributed by atoms with E-state index in [9.17, 15) is 4.79 Å². The molecule has 0 atom stereocenters. The predicted molar refractivity (Wildman–Crippen MR) is 71.1 cm³/mol. The van der Waals surface area contributed by atoms with Crippen LogP contribution in [0.4, 0.5) is 5.82 Å². The minimum absolute atomic E-state index is 0.147. The van der Waals surface area contributed by atoms with Gasteiger partial charge in [0.15, 0.2) is 11.5 Å². The summed E-state index contributed by atoms with van der Waals surface area (Å²) in [6, 6.07) is 8.69. The molecule has 0 aliphatic carbocycles. The van der Waals surface area contributed by atoms with Crippen LogP contribution in [0.5, 0.6) is 11.5 Å². The standard InChI is InChI=1S/C14H12N2O4/c17-14(18)10-2-1-5-15-13(10)16-7-9-3-4-11-12(6-9)20-8-19-11/h1-6H,7-8H2,(H,15,16)(H,17,18). The number of nitrogens with zero attached hydrogens (tertiary/aromatic N) is 1. The maximum absolute atomic E-state index is 11.1. The highest BCUT2D eigenvalue weighted by Gasteiger charge is 2.14. The average Bonchev–Trinajstić information content (AvgIpc) is 2.92. The molecule has 3 rings (SSSR count).